The Morgan fingerprint density at radius 3 is 3.13 bits per heavy atom. The Morgan fingerprint density at radius 2 is 2.39 bits per heavy atom. The van der Waals surface area contributed by atoms with Crippen molar-refractivity contribution in [2.75, 3.05) is 6.54 Å². The number of hydrazine groups is 1. The van der Waals surface area contributed by atoms with Crippen LogP contribution in [0.2, 0.25) is 0 Å². The van der Waals surface area contributed by atoms with E-state index in [1.807, 2.05) is 0 Å². The summed E-state index contributed by atoms with van der Waals surface area (Å²) >= 11 is 0. The molecule has 2 fully saturated rings. The Morgan fingerprint density at radius 1 is 1.48 bits per heavy atom. The SMILES string of the molecule is O=C(NCc1noc(C2CCC2)n1)C1CNNC1n1cnnn1. The third kappa shape index (κ3) is 2.80. The molecule has 3 heterocycles. The smallest absolute Gasteiger partial charge is 0.229 e. The third-order valence-corrected chi connectivity index (χ3v) is 4.30. The molecule has 122 valence electrons. The normalized spacial score (nSPS) is 24.5. The van der Waals surface area contributed by atoms with Crippen LogP contribution < -0.4 is 16.2 Å². The quantitative estimate of drug-likeness (QED) is 0.625. The van der Waals surface area contributed by atoms with Gasteiger partial charge in [-0.15, -0.1) is 5.10 Å². The Bertz CT molecular complexity index is 666. The van der Waals surface area contributed by atoms with Crippen LogP contribution in [-0.2, 0) is 11.3 Å². The number of amides is 1. The van der Waals surface area contributed by atoms with Gasteiger partial charge in [-0.3, -0.25) is 10.2 Å². The van der Waals surface area contributed by atoms with E-state index in [-0.39, 0.29) is 24.5 Å². The van der Waals surface area contributed by atoms with Gasteiger partial charge in [0.05, 0.1) is 12.5 Å². The first kappa shape index (κ1) is 14.2. The predicted octanol–water partition coefficient (Wildman–Crippen LogP) is -1.14. The first-order valence-electron chi connectivity index (χ1n) is 7.62. The number of nitrogens with one attached hydrogen (secondary N) is 3. The summed E-state index contributed by atoms with van der Waals surface area (Å²) in [5.74, 6) is 1.10. The van der Waals surface area contributed by atoms with Crippen LogP contribution in [0.4, 0.5) is 0 Å². The molecule has 3 N–H and O–H groups in total. The molecule has 2 aliphatic rings. The first-order chi connectivity index (χ1) is 11.3. The molecule has 0 radical (unpaired) electrons. The van der Waals surface area contributed by atoms with Gasteiger partial charge in [0.2, 0.25) is 11.8 Å². The summed E-state index contributed by atoms with van der Waals surface area (Å²) in [6.45, 7) is 0.726. The van der Waals surface area contributed by atoms with E-state index in [0.717, 1.165) is 12.8 Å². The second-order valence-electron chi connectivity index (χ2n) is 5.76. The first-order valence-corrected chi connectivity index (χ1v) is 7.62. The van der Waals surface area contributed by atoms with Gasteiger partial charge in [0.25, 0.3) is 0 Å². The highest BCUT2D eigenvalue weighted by atomic mass is 16.5. The molecule has 23 heavy (non-hydrogen) atoms. The Labute approximate surface area is 131 Å². The highest BCUT2D eigenvalue weighted by molar-refractivity contribution is 5.79. The van der Waals surface area contributed by atoms with Crippen molar-refractivity contribution in [3.05, 3.63) is 18.0 Å². The number of carbonyl (C=O) groups is 1. The fraction of sp³-hybridized carbons (Fsp3) is 0.667. The molecular weight excluding hydrogens is 302 g/mol. The van der Waals surface area contributed by atoms with Crippen LogP contribution in [-0.4, -0.2) is 42.8 Å². The minimum absolute atomic E-state index is 0.127. The molecule has 0 bridgehead atoms. The second-order valence-corrected chi connectivity index (χ2v) is 5.76. The lowest BCUT2D eigenvalue weighted by atomic mass is 9.85. The van der Waals surface area contributed by atoms with Gasteiger partial charge in [-0.05, 0) is 23.3 Å². The van der Waals surface area contributed by atoms with Gasteiger partial charge in [-0.1, -0.05) is 11.6 Å². The van der Waals surface area contributed by atoms with Gasteiger partial charge in [0, 0.05) is 12.5 Å². The van der Waals surface area contributed by atoms with E-state index in [9.17, 15) is 4.79 Å². The monoisotopic (exact) mass is 319 g/mol. The van der Waals surface area contributed by atoms with Gasteiger partial charge in [0.1, 0.15) is 12.5 Å². The zero-order chi connectivity index (χ0) is 15.6. The van der Waals surface area contributed by atoms with Crippen molar-refractivity contribution in [1.82, 2.24) is 46.5 Å². The van der Waals surface area contributed by atoms with Crippen LogP contribution in [0.5, 0.6) is 0 Å². The van der Waals surface area contributed by atoms with E-state index in [1.165, 1.54) is 17.4 Å². The summed E-state index contributed by atoms with van der Waals surface area (Å²) in [6.07, 6.45) is 4.54. The maximum atomic E-state index is 12.4. The minimum Gasteiger partial charge on any atom is -0.348 e. The molecule has 1 aliphatic carbocycles. The van der Waals surface area contributed by atoms with Crippen molar-refractivity contribution in [3.8, 4) is 0 Å². The Hall–Kier alpha value is -2.40. The molecule has 2 aromatic rings. The third-order valence-electron chi connectivity index (χ3n) is 4.30. The second kappa shape index (κ2) is 6.01. The Kier molecular flexibility index (Phi) is 3.71. The number of hydrogen-bond donors (Lipinski definition) is 3. The van der Waals surface area contributed by atoms with Gasteiger partial charge in [0.15, 0.2) is 5.82 Å². The summed E-state index contributed by atoms with van der Waals surface area (Å²) in [4.78, 5) is 16.7. The fourth-order valence-electron chi connectivity index (χ4n) is 2.73. The molecule has 1 aliphatic heterocycles. The van der Waals surface area contributed by atoms with Gasteiger partial charge >= 0.3 is 0 Å². The number of carbonyl (C=O) groups excluding carboxylic acids is 1. The fourth-order valence-corrected chi connectivity index (χ4v) is 2.73. The molecule has 2 unspecified atom stereocenters. The van der Waals surface area contributed by atoms with Gasteiger partial charge < -0.3 is 9.84 Å². The van der Waals surface area contributed by atoms with Crippen LogP contribution in [0.3, 0.4) is 0 Å². The molecule has 2 atom stereocenters. The number of tetrazole rings is 1. The molecule has 0 aromatic carbocycles. The zero-order valence-corrected chi connectivity index (χ0v) is 12.3. The largest absolute Gasteiger partial charge is 0.348 e. The lowest BCUT2D eigenvalue weighted by Gasteiger charge is -2.20. The number of nitrogens with zero attached hydrogens (tertiary/aromatic N) is 6. The van der Waals surface area contributed by atoms with Crippen LogP contribution in [0, 0.1) is 5.92 Å². The summed E-state index contributed by atoms with van der Waals surface area (Å²) in [5, 5.41) is 17.7. The van der Waals surface area contributed by atoms with E-state index >= 15 is 0 Å². The van der Waals surface area contributed by atoms with Gasteiger partial charge in [-0.2, -0.15) is 4.98 Å². The zero-order valence-electron chi connectivity index (χ0n) is 12.3. The highest BCUT2D eigenvalue weighted by Crippen LogP contribution is 2.35. The van der Waals surface area contributed by atoms with E-state index in [2.05, 4.69) is 41.8 Å². The van der Waals surface area contributed by atoms with Crippen molar-refractivity contribution in [1.29, 1.82) is 0 Å². The summed E-state index contributed by atoms with van der Waals surface area (Å²) in [6, 6.07) is 0. The molecule has 1 saturated heterocycles. The topological polar surface area (TPSA) is 136 Å². The summed E-state index contributed by atoms with van der Waals surface area (Å²) in [7, 11) is 0. The number of hydrogen-bond acceptors (Lipinski definition) is 9. The molecule has 4 rings (SSSR count). The van der Waals surface area contributed by atoms with E-state index in [1.54, 1.807) is 0 Å². The Balaban J connectivity index is 1.35. The van der Waals surface area contributed by atoms with Crippen molar-refractivity contribution >= 4 is 5.91 Å². The van der Waals surface area contributed by atoms with E-state index < -0.39 is 0 Å². The average Bonchev–Trinajstić information content (AvgIpc) is 3.23. The molecular formula is C12H17N9O2. The van der Waals surface area contributed by atoms with Crippen LogP contribution in [0.25, 0.3) is 0 Å². The lowest BCUT2D eigenvalue weighted by molar-refractivity contribution is -0.125. The molecule has 2 aromatic heterocycles. The van der Waals surface area contributed by atoms with E-state index in [4.69, 9.17) is 4.52 Å². The van der Waals surface area contributed by atoms with Crippen molar-refractivity contribution in [3.63, 3.8) is 0 Å². The van der Waals surface area contributed by atoms with Gasteiger partial charge in [-0.25, -0.2) is 10.1 Å². The highest BCUT2D eigenvalue weighted by Gasteiger charge is 2.35. The maximum Gasteiger partial charge on any atom is 0.229 e. The molecule has 11 nitrogen and oxygen atoms in total. The van der Waals surface area contributed by atoms with Crippen molar-refractivity contribution in [2.45, 2.75) is 37.9 Å². The lowest BCUT2D eigenvalue weighted by Crippen LogP contribution is -2.37. The number of rotatable bonds is 5. The van der Waals surface area contributed by atoms with Crippen LogP contribution in [0.15, 0.2) is 10.9 Å². The summed E-state index contributed by atoms with van der Waals surface area (Å²) in [5.41, 5.74) is 5.93. The van der Waals surface area contributed by atoms with E-state index in [0.29, 0.717) is 24.2 Å². The molecule has 1 amide bonds. The van der Waals surface area contributed by atoms with Crippen LogP contribution in [0.1, 0.15) is 43.1 Å². The minimum atomic E-state index is -0.337. The molecule has 0 spiro atoms. The van der Waals surface area contributed by atoms with Crippen molar-refractivity contribution < 1.29 is 9.32 Å². The predicted molar refractivity (Wildman–Crippen MR) is 74.2 cm³/mol. The van der Waals surface area contributed by atoms with Crippen LogP contribution >= 0.6 is 0 Å². The van der Waals surface area contributed by atoms with Crippen molar-refractivity contribution in [2.24, 2.45) is 5.92 Å². The molecule has 11 heteroatoms. The average molecular weight is 319 g/mol. The molecule has 1 saturated carbocycles. The summed E-state index contributed by atoms with van der Waals surface area (Å²) < 4.78 is 6.75. The number of aromatic nitrogens is 6. The maximum absolute atomic E-state index is 12.4. The standard InChI is InChI=1S/C12H17N9O2/c22-11(8-4-14-17-10(8)21-6-15-19-20-21)13-5-9-16-12(23-18-9)7-2-1-3-7/h6-8,10,14,17H,1-5H2,(H,13,22).